The minimum absolute atomic E-state index is 0. The van der Waals surface area contributed by atoms with Crippen LogP contribution < -0.4 is 57.2 Å². The molecule has 8 N–H and O–H groups in total. The first-order valence-corrected chi connectivity index (χ1v) is 18.4. The molecule has 1 amide bonds. The maximum atomic E-state index is 13.6. The molecule has 0 fully saturated rings. The fourth-order valence-corrected chi connectivity index (χ4v) is 6.42. The summed E-state index contributed by atoms with van der Waals surface area (Å²) < 4.78 is 71.2. The zero-order valence-corrected chi connectivity index (χ0v) is 32.5. The van der Waals surface area contributed by atoms with E-state index in [2.05, 4.69) is 36.6 Å². The van der Waals surface area contributed by atoms with Crippen molar-refractivity contribution in [3.05, 3.63) is 130 Å². The topological polar surface area (TPSA) is 300 Å². The number of nitrogen functional groups attached to an aromatic ring is 1. The number of Topliss-reactive ketones (excluding diaryl/α,β-unsaturated/α-hetero) is 1. The fourth-order valence-electron chi connectivity index (χ4n) is 5.10. The summed E-state index contributed by atoms with van der Waals surface area (Å²) >= 11 is 0. The number of anilines is 4. The molecule has 0 bridgehead atoms. The standard InChI is InChI=1S/C35H27N9O9S2.Na/c36-26-18-25(45)14-15-27(26)42-39-24-12-10-21(11-13-24)38-35(47)19-6-8-23(9-7-19)41-43-32-28(54(48,49)50)16-20-17-29(55(51,52)53)33(34(46)30(20)31(32)37)44-40-22-4-2-1-3-5-22;/h1-18,39-40H,36-37H2,(H,38,47)(H,48,49,50)(H,51,52,53);/q;+1/p-1. The van der Waals surface area contributed by atoms with E-state index in [1.54, 1.807) is 54.6 Å². The third-order valence-corrected chi connectivity index (χ3v) is 9.47. The van der Waals surface area contributed by atoms with E-state index < -0.39 is 69.9 Å². The molecular weight excluding hydrogens is 778 g/mol. The SMILES string of the molecule is NC1=CC(=O)C=CC1=NNc1ccc(NC(=O)c2ccc(N=Nc3c(S(=O)(=O)O)cc4c(c3N)C(=O)C(=NNc3ccccc3)C(S(=O)(=O)[O-])=C4)cc2)cc1.[Na+]. The van der Waals surface area contributed by atoms with Gasteiger partial charge in [-0.2, -0.15) is 23.7 Å². The molecular formula is C35H26N9NaO9S2. The second-order valence-corrected chi connectivity index (χ2v) is 14.3. The van der Waals surface area contributed by atoms with Crippen molar-refractivity contribution in [1.82, 2.24) is 0 Å². The predicted molar refractivity (Wildman–Crippen MR) is 203 cm³/mol. The summed E-state index contributed by atoms with van der Waals surface area (Å²) in [6.45, 7) is 0. The van der Waals surface area contributed by atoms with Crippen LogP contribution in [0.3, 0.4) is 0 Å². The van der Waals surface area contributed by atoms with E-state index in [0.29, 0.717) is 22.8 Å². The van der Waals surface area contributed by atoms with Gasteiger partial charge in [-0.15, -0.1) is 5.11 Å². The van der Waals surface area contributed by atoms with Crippen molar-refractivity contribution in [1.29, 1.82) is 0 Å². The molecule has 2 aliphatic rings. The summed E-state index contributed by atoms with van der Waals surface area (Å²) in [6, 6.07) is 20.9. The Morgan fingerprint density at radius 3 is 2.02 bits per heavy atom. The second kappa shape index (κ2) is 16.7. The molecule has 0 aliphatic heterocycles. The van der Waals surface area contributed by atoms with E-state index in [0.717, 1.165) is 12.1 Å². The average molecular weight is 804 g/mol. The normalized spacial score (nSPS) is 15.5. The Labute approximate surface area is 340 Å². The van der Waals surface area contributed by atoms with Crippen LogP contribution in [0.4, 0.5) is 34.1 Å². The second-order valence-electron chi connectivity index (χ2n) is 11.5. The molecule has 18 nitrogen and oxygen atoms in total. The fraction of sp³-hybridized carbons (Fsp3) is 0. The van der Waals surface area contributed by atoms with Crippen molar-refractivity contribution in [2.45, 2.75) is 4.90 Å². The summed E-state index contributed by atoms with van der Waals surface area (Å²) in [5, 5.41) is 18.6. The third-order valence-electron chi connectivity index (χ3n) is 7.76. The quantitative estimate of drug-likeness (QED) is 0.0331. The molecule has 6 rings (SSSR count). The zero-order chi connectivity index (χ0) is 39.5. The monoisotopic (exact) mass is 803 g/mol. The van der Waals surface area contributed by atoms with Crippen LogP contribution in [-0.4, -0.2) is 54.8 Å². The molecule has 4 aromatic carbocycles. The number of rotatable bonds is 10. The van der Waals surface area contributed by atoms with Gasteiger partial charge in [0.25, 0.3) is 16.0 Å². The Bertz CT molecular complexity index is 2680. The first-order chi connectivity index (χ1) is 26.1. The number of amides is 1. The number of hydrogen-bond acceptors (Lipinski definition) is 16. The van der Waals surface area contributed by atoms with Crippen LogP contribution in [0.15, 0.2) is 139 Å². The molecule has 0 heterocycles. The number of fused-ring (bicyclic) bond motifs is 1. The molecule has 278 valence electrons. The van der Waals surface area contributed by atoms with E-state index in [9.17, 15) is 40.3 Å². The van der Waals surface area contributed by atoms with E-state index in [-0.39, 0.29) is 52.3 Å². The van der Waals surface area contributed by atoms with Crippen LogP contribution in [0, 0.1) is 0 Å². The number of hydrogen-bond donors (Lipinski definition) is 6. The number of nitrogens with two attached hydrogens (primary N) is 2. The van der Waals surface area contributed by atoms with Crippen LogP contribution in [0.25, 0.3) is 6.08 Å². The van der Waals surface area contributed by atoms with Gasteiger partial charge in [-0.3, -0.25) is 29.8 Å². The van der Waals surface area contributed by atoms with Crippen molar-refractivity contribution in [2.24, 2.45) is 26.2 Å². The summed E-state index contributed by atoms with van der Waals surface area (Å²) in [6.07, 6.45) is 4.79. The Morgan fingerprint density at radius 2 is 1.39 bits per heavy atom. The molecule has 4 aromatic rings. The van der Waals surface area contributed by atoms with Crippen molar-refractivity contribution in [3.63, 3.8) is 0 Å². The summed E-state index contributed by atoms with van der Waals surface area (Å²) in [4.78, 5) is 35.9. The largest absolute Gasteiger partial charge is 1.00 e. The van der Waals surface area contributed by atoms with Gasteiger partial charge in [0, 0.05) is 17.3 Å². The van der Waals surface area contributed by atoms with Gasteiger partial charge in [0.05, 0.1) is 38.9 Å². The number of ketones is 2. The maximum absolute atomic E-state index is 13.6. The molecule has 0 radical (unpaired) electrons. The number of carbonyl (C=O) groups is 3. The third kappa shape index (κ3) is 9.38. The van der Waals surface area contributed by atoms with Gasteiger partial charge in [0.1, 0.15) is 32.1 Å². The Morgan fingerprint density at radius 1 is 0.768 bits per heavy atom. The van der Waals surface area contributed by atoms with Gasteiger partial charge >= 0.3 is 29.6 Å². The van der Waals surface area contributed by atoms with Crippen molar-refractivity contribution >= 4 is 89.3 Å². The van der Waals surface area contributed by atoms with E-state index in [1.165, 1.54) is 42.5 Å². The Hall–Kier alpha value is -6.13. The van der Waals surface area contributed by atoms with Crippen LogP contribution in [0.5, 0.6) is 0 Å². The first-order valence-electron chi connectivity index (χ1n) is 15.6. The number of nitrogens with zero attached hydrogens (tertiary/aromatic N) is 4. The molecule has 0 atom stereocenters. The van der Waals surface area contributed by atoms with Crippen molar-refractivity contribution in [2.75, 3.05) is 21.9 Å². The minimum Gasteiger partial charge on any atom is -0.744 e. The molecule has 0 saturated heterocycles. The number of allylic oxidation sites excluding steroid dienone is 4. The van der Waals surface area contributed by atoms with Gasteiger partial charge < -0.3 is 21.3 Å². The van der Waals surface area contributed by atoms with Crippen LogP contribution in [0.2, 0.25) is 0 Å². The average Bonchev–Trinajstić information content (AvgIpc) is 3.14. The van der Waals surface area contributed by atoms with Gasteiger partial charge in [-0.05, 0) is 90.5 Å². The maximum Gasteiger partial charge on any atom is 1.00 e. The minimum atomic E-state index is -5.34. The van der Waals surface area contributed by atoms with Crippen molar-refractivity contribution in [3.8, 4) is 0 Å². The summed E-state index contributed by atoms with van der Waals surface area (Å²) in [5.41, 5.74) is 16.6. The number of azo groups is 1. The molecule has 56 heavy (non-hydrogen) atoms. The summed E-state index contributed by atoms with van der Waals surface area (Å²) in [7, 11) is -10.5. The Balaban J connectivity index is 0.00000600. The van der Waals surface area contributed by atoms with Crippen LogP contribution in [0.1, 0.15) is 26.3 Å². The number of carbonyl (C=O) groups excluding carboxylic acids is 3. The smallest absolute Gasteiger partial charge is 0.744 e. The number of hydrazone groups is 2. The van der Waals surface area contributed by atoms with Gasteiger partial charge in [-0.25, -0.2) is 8.42 Å². The molecule has 0 aromatic heterocycles. The zero-order valence-electron chi connectivity index (χ0n) is 28.9. The molecule has 0 unspecified atom stereocenters. The number of benzene rings is 4. The first kappa shape index (κ1) is 41.0. The predicted octanol–water partition coefficient (Wildman–Crippen LogP) is 1.49. The van der Waals surface area contributed by atoms with Gasteiger partial charge in [-0.1, -0.05) is 18.2 Å². The van der Waals surface area contributed by atoms with Gasteiger partial charge in [0.15, 0.2) is 5.78 Å². The Kier molecular flexibility index (Phi) is 12.2. The summed E-state index contributed by atoms with van der Waals surface area (Å²) in [5.74, 6) is -1.88. The molecule has 21 heteroatoms. The molecule has 0 spiro atoms. The van der Waals surface area contributed by atoms with E-state index in [4.69, 9.17) is 11.5 Å². The van der Waals surface area contributed by atoms with Gasteiger partial charge in [0.2, 0.25) is 5.78 Å². The molecule has 2 aliphatic carbocycles. The van der Waals surface area contributed by atoms with Crippen molar-refractivity contribution < 1.29 is 69.9 Å². The van der Waals surface area contributed by atoms with Crippen LogP contribution >= 0.6 is 0 Å². The number of para-hydroxylation sites is 1. The number of nitrogens with one attached hydrogen (secondary N) is 3. The van der Waals surface area contributed by atoms with E-state index >= 15 is 0 Å². The van der Waals surface area contributed by atoms with E-state index in [1.807, 2.05) is 0 Å². The van der Waals surface area contributed by atoms with Crippen LogP contribution in [-0.2, 0) is 25.0 Å². The molecule has 0 saturated carbocycles.